The molecule has 0 bridgehead atoms. The second-order valence-corrected chi connectivity index (χ2v) is 7.65. The van der Waals surface area contributed by atoms with Crippen molar-refractivity contribution in [3.8, 4) is 0 Å². The summed E-state index contributed by atoms with van der Waals surface area (Å²) >= 11 is 0. The Labute approximate surface area is 175 Å². The number of hydrogen-bond donors (Lipinski definition) is 1. The maximum absolute atomic E-state index is 13.1. The van der Waals surface area contributed by atoms with E-state index in [1.165, 1.54) is 12.1 Å². The van der Waals surface area contributed by atoms with Crippen LogP contribution in [0.3, 0.4) is 0 Å². The molecule has 158 valence electrons. The summed E-state index contributed by atoms with van der Waals surface area (Å²) in [6.45, 7) is 6.14. The second-order valence-electron chi connectivity index (χ2n) is 7.65. The highest BCUT2D eigenvalue weighted by Gasteiger charge is 2.31. The van der Waals surface area contributed by atoms with Crippen molar-refractivity contribution in [1.29, 1.82) is 0 Å². The molecular weight excluding hydrogens is 384 g/mol. The summed E-state index contributed by atoms with van der Waals surface area (Å²) < 4.78 is 0. The van der Waals surface area contributed by atoms with Gasteiger partial charge < -0.3 is 15.1 Å². The summed E-state index contributed by atoms with van der Waals surface area (Å²) in [6, 6.07) is 14.7. The van der Waals surface area contributed by atoms with Gasteiger partial charge >= 0.3 is 0 Å². The number of carbonyl (C=O) groups excluding carboxylic acids is 2. The minimum Gasteiger partial charge on any atom is -0.368 e. The van der Waals surface area contributed by atoms with Crippen LogP contribution in [0.25, 0.3) is 0 Å². The molecule has 2 aromatic carbocycles. The number of benzene rings is 2. The molecule has 1 unspecified atom stereocenters. The fourth-order valence-corrected chi connectivity index (χ4v) is 3.49. The maximum Gasteiger partial charge on any atom is 0.269 e. The quantitative estimate of drug-likeness (QED) is 0.584. The van der Waals surface area contributed by atoms with E-state index < -0.39 is 11.0 Å². The topological polar surface area (TPSA) is 95.8 Å². The number of nitro groups is 1. The summed E-state index contributed by atoms with van der Waals surface area (Å²) in [5, 5.41) is 13.7. The van der Waals surface area contributed by atoms with Gasteiger partial charge in [0.2, 0.25) is 5.91 Å². The molecule has 1 N–H and O–H groups in total. The van der Waals surface area contributed by atoms with Crippen LogP contribution in [0.5, 0.6) is 0 Å². The third kappa shape index (κ3) is 4.94. The summed E-state index contributed by atoms with van der Waals surface area (Å²) in [6.07, 6.45) is 0. The number of amides is 2. The molecule has 30 heavy (non-hydrogen) atoms. The van der Waals surface area contributed by atoms with Crippen LogP contribution in [-0.4, -0.2) is 53.9 Å². The number of nitrogens with zero attached hydrogens (tertiary/aromatic N) is 3. The first-order valence-corrected chi connectivity index (χ1v) is 10.0. The second kappa shape index (κ2) is 9.39. The Balaban J connectivity index is 1.60. The molecule has 1 fully saturated rings. The molecule has 0 aliphatic carbocycles. The Morgan fingerprint density at radius 2 is 1.57 bits per heavy atom. The Bertz CT molecular complexity index is 891. The van der Waals surface area contributed by atoms with Gasteiger partial charge in [-0.15, -0.1) is 0 Å². The maximum atomic E-state index is 13.1. The average Bonchev–Trinajstić information content (AvgIpc) is 2.77. The SMILES string of the molecule is CC(C)C(NC(=O)c1ccccc1)C(=O)N1CCN(c2ccc([N+](=O)[O-])cc2)CC1. The highest BCUT2D eigenvalue weighted by Crippen LogP contribution is 2.21. The number of carbonyl (C=O) groups is 2. The van der Waals surface area contributed by atoms with E-state index in [4.69, 9.17) is 0 Å². The Hall–Kier alpha value is -3.42. The number of nitro benzene ring substituents is 1. The van der Waals surface area contributed by atoms with E-state index >= 15 is 0 Å². The zero-order valence-corrected chi connectivity index (χ0v) is 17.2. The minimum atomic E-state index is -0.594. The van der Waals surface area contributed by atoms with Crippen LogP contribution in [0, 0.1) is 16.0 Å². The lowest BCUT2D eigenvalue weighted by Crippen LogP contribution is -2.56. The minimum absolute atomic E-state index is 0.0436. The molecule has 0 radical (unpaired) electrons. The number of rotatable bonds is 6. The van der Waals surface area contributed by atoms with Crippen LogP contribution in [0.15, 0.2) is 54.6 Å². The van der Waals surface area contributed by atoms with Crippen LogP contribution >= 0.6 is 0 Å². The van der Waals surface area contributed by atoms with Crippen molar-refractivity contribution in [3.63, 3.8) is 0 Å². The van der Waals surface area contributed by atoms with E-state index in [0.717, 1.165) is 5.69 Å². The van der Waals surface area contributed by atoms with Gasteiger partial charge in [-0.1, -0.05) is 32.0 Å². The van der Waals surface area contributed by atoms with Gasteiger partial charge in [-0.2, -0.15) is 0 Å². The lowest BCUT2D eigenvalue weighted by atomic mass is 10.0. The molecule has 2 aromatic rings. The van der Waals surface area contributed by atoms with Crippen molar-refractivity contribution in [3.05, 3.63) is 70.3 Å². The van der Waals surface area contributed by atoms with Gasteiger partial charge in [-0.05, 0) is 30.2 Å². The first-order valence-electron chi connectivity index (χ1n) is 10.0. The average molecular weight is 410 g/mol. The van der Waals surface area contributed by atoms with Gasteiger partial charge in [-0.3, -0.25) is 19.7 Å². The van der Waals surface area contributed by atoms with E-state index in [-0.39, 0.29) is 23.4 Å². The fourth-order valence-electron chi connectivity index (χ4n) is 3.49. The smallest absolute Gasteiger partial charge is 0.269 e. The molecule has 1 aliphatic rings. The van der Waals surface area contributed by atoms with Crippen LogP contribution in [0.4, 0.5) is 11.4 Å². The van der Waals surface area contributed by atoms with E-state index in [0.29, 0.717) is 31.7 Å². The van der Waals surface area contributed by atoms with E-state index in [9.17, 15) is 19.7 Å². The van der Waals surface area contributed by atoms with Crippen molar-refractivity contribution in [2.24, 2.45) is 5.92 Å². The molecule has 8 nitrogen and oxygen atoms in total. The predicted molar refractivity (Wildman–Crippen MR) is 114 cm³/mol. The molecular formula is C22H26N4O4. The van der Waals surface area contributed by atoms with Gasteiger partial charge in [-0.25, -0.2) is 0 Å². The van der Waals surface area contributed by atoms with Crippen LogP contribution in [0.1, 0.15) is 24.2 Å². The van der Waals surface area contributed by atoms with Crippen molar-refractivity contribution < 1.29 is 14.5 Å². The van der Waals surface area contributed by atoms with Crippen LogP contribution in [-0.2, 0) is 4.79 Å². The van der Waals surface area contributed by atoms with Gasteiger partial charge in [0.1, 0.15) is 6.04 Å². The molecule has 0 spiro atoms. The van der Waals surface area contributed by atoms with E-state index in [2.05, 4.69) is 10.2 Å². The fraction of sp³-hybridized carbons (Fsp3) is 0.364. The number of non-ortho nitro benzene ring substituents is 1. The summed E-state index contributed by atoms with van der Waals surface area (Å²) in [7, 11) is 0. The zero-order chi connectivity index (χ0) is 21.7. The largest absolute Gasteiger partial charge is 0.368 e. The van der Waals surface area contributed by atoms with Crippen molar-refractivity contribution in [1.82, 2.24) is 10.2 Å². The first kappa shape index (κ1) is 21.3. The highest BCUT2D eigenvalue weighted by molar-refractivity contribution is 5.97. The first-order chi connectivity index (χ1) is 14.4. The van der Waals surface area contributed by atoms with Crippen molar-refractivity contribution in [2.45, 2.75) is 19.9 Å². The van der Waals surface area contributed by atoms with Crippen LogP contribution < -0.4 is 10.2 Å². The van der Waals surface area contributed by atoms with Gasteiger partial charge in [0, 0.05) is 49.6 Å². The monoisotopic (exact) mass is 410 g/mol. The van der Waals surface area contributed by atoms with E-state index in [1.807, 2.05) is 19.9 Å². The highest BCUT2D eigenvalue weighted by atomic mass is 16.6. The molecule has 1 aliphatic heterocycles. The zero-order valence-electron chi connectivity index (χ0n) is 17.2. The Kier molecular flexibility index (Phi) is 6.66. The molecule has 1 saturated heterocycles. The summed E-state index contributed by atoms with van der Waals surface area (Å²) in [5.41, 5.74) is 1.48. The molecule has 1 heterocycles. The van der Waals surface area contributed by atoms with E-state index in [1.54, 1.807) is 41.3 Å². The summed E-state index contributed by atoms with van der Waals surface area (Å²) in [4.78, 5) is 39.9. The molecule has 0 saturated carbocycles. The molecule has 8 heteroatoms. The molecule has 3 rings (SSSR count). The number of anilines is 1. The third-order valence-electron chi connectivity index (χ3n) is 5.27. The number of hydrogen-bond acceptors (Lipinski definition) is 5. The van der Waals surface area contributed by atoms with Gasteiger partial charge in [0.25, 0.3) is 11.6 Å². The molecule has 2 amide bonds. The number of piperazine rings is 1. The lowest BCUT2D eigenvalue weighted by Gasteiger charge is -2.38. The molecule has 1 atom stereocenters. The predicted octanol–water partition coefficient (Wildman–Crippen LogP) is 2.70. The van der Waals surface area contributed by atoms with Gasteiger partial charge in [0.15, 0.2) is 0 Å². The standard InChI is InChI=1S/C22H26N4O4/c1-16(2)20(23-21(27)17-6-4-3-5-7-17)22(28)25-14-12-24(13-15-25)18-8-10-19(11-9-18)26(29)30/h3-11,16,20H,12-15H2,1-2H3,(H,23,27). The Morgan fingerprint density at radius 3 is 2.10 bits per heavy atom. The van der Waals surface area contributed by atoms with Crippen molar-refractivity contribution >= 4 is 23.2 Å². The van der Waals surface area contributed by atoms with Gasteiger partial charge in [0.05, 0.1) is 4.92 Å². The van der Waals surface area contributed by atoms with Crippen LogP contribution in [0.2, 0.25) is 0 Å². The summed E-state index contributed by atoms with van der Waals surface area (Å²) in [5.74, 6) is -0.386. The molecule has 0 aromatic heterocycles. The van der Waals surface area contributed by atoms with Crippen molar-refractivity contribution in [2.75, 3.05) is 31.1 Å². The Morgan fingerprint density at radius 1 is 0.967 bits per heavy atom. The lowest BCUT2D eigenvalue weighted by molar-refractivity contribution is -0.384. The normalized spacial score (nSPS) is 15.0. The third-order valence-corrected chi connectivity index (χ3v) is 5.27. The number of nitrogens with one attached hydrogen (secondary N) is 1.